The second-order valence-electron chi connectivity index (χ2n) is 20.9. The zero-order chi connectivity index (χ0) is 63.3. The molecule has 0 bridgehead atoms. The van der Waals surface area contributed by atoms with Crippen LogP contribution in [0.25, 0.3) is 0 Å². The summed E-state index contributed by atoms with van der Waals surface area (Å²) in [5.74, 6) is -6.07. The minimum absolute atomic E-state index is 0. The number of nitrogens with two attached hydrogens (primary N) is 2. The summed E-state index contributed by atoms with van der Waals surface area (Å²) in [5.41, 5.74) is 14.1. The summed E-state index contributed by atoms with van der Waals surface area (Å²) in [6.45, 7) is 3.78. The molecule has 1 saturated heterocycles. The Hall–Kier alpha value is -7.57. The smallest absolute Gasteiger partial charge is 0.549 e. The average Bonchev–Trinajstić information content (AvgIpc) is 3.68. The van der Waals surface area contributed by atoms with Gasteiger partial charge in [0.25, 0.3) is 0 Å². The maximum Gasteiger partial charge on any atom is 3.00 e. The number of aliphatic imine (C=N–C) groups is 1. The van der Waals surface area contributed by atoms with Crippen molar-refractivity contribution in [3.63, 3.8) is 0 Å². The van der Waals surface area contributed by atoms with Gasteiger partial charge in [0.05, 0.1) is 43.0 Å². The number of nitrogens with one attached hydrogen (secondary N) is 7. The van der Waals surface area contributed by atoms with E-state index >= 15 is 0 Å². The Morgan fingerprint density at radius 1 is 0.568 bits per heavy atom. The fourth-order valence-electron chi connectivity index (χ4n) is 9.21. The van der Waals surface area contributed by atoms with Gasteiger partial charge in [0.15, 0.2) is 5.96 Å². The number of nitrogens with zero attached hydrogens (tertiary/aromatic N) is 5. The molecule has 0 saturated carbocycles. The molecule has 0 radical (unpaired) electrons. The van der Waals surface area contributed by atoms with E-state index in [0.717, 1.165) is 5.56 Å². The number of carbonyl (C=O) groups excluding carboxylic acids is 9. The first-order valence-electron chi connectivity index (χ1n) is 29.3. The third kappa shape index (κ3) is 31.4. The molecular weight excluding hydrogens is 1240 g/mol. The molecule has 0 aliphatic carbocycles. The first kappa shape index (κ1) is 74.7. The number of hydrogen-bond acceptors (Lipinski definition) is 19. The summed E-state index contributed by atoms with van der Waals surface area (Å²) in [5, 5.41) is 63.7. The molecule has 1 fully saturated rings. The third-order valence-electron chi connectivity index (χ3n) is 14.0. The van der Waals surface area contributed by atoms with Gasteiger partial charge in [-0.3, -0.25) is 43.6 Å². The van der Waals surface area contributed by atoms with Crippen LogP contribution in [0.2, 0.25) is 0 Å². The summed E-state index contributed by atoms with van der Waals surface area (Å²) < 4.78 is 6.11. The van der Waals surface area contributed by atoms with Gasteiger partial charge in [-0.25, -0.2) is 4.79 Å². The molecule has 4 rings (SSSR count). The molecule has 1 aliphatic heterocycles. The van der Waals surface area contributed by atoms with E-state index in [9.17, 15) is 63.6 Å². The van der Waals surface area contributed by atoms with Crippen LogP contribution < -0.4 is 68.7 Å². The van der Waals surface area contributed by atoms with Gasteiger partial charge in [-0.15, -0.1) is 0 Å². The first-order chi connectivity index (χ1) is 41.8. The van der Waals surface area contributed by atoms with E-state index in [2.05, 4.69) is 42.2 Å². The number of carboxylic acid groups (broad SMARTS) is 3. The molecule has 28 nitrogen and oxygen atoms in total. The van der Waals surface area contributed by atoms with Crippen LogP contribution in [0.1, 0.15) is 80.9 Å². The predicted octanol–water partition coefficient (Wildman–Crippen LogP) is -4.77. The molecule has 1 aliphatic rings. The monoisotopic (exact) mass is 1330 g/mol. The van der Waals surface area contributed by atoms with Crippen molar-refractivity contribution in [2.75, 3.05) is 118 Å². The standard InChI is InChI=1S/C59H88N14O14.In/c1-2-49(75)63-25-26-66-59(86)69-58(61)65-24-11-17-48(56(84)67-37-42-18-20-45(74)21-19-42)68-57(85)54(43-12-4-3-5-13-43)44-14-10-15-46(36-44)87-35-9-8-23-64-55(83)47(60)16-6-7-22-62-50(76)38-70-27-29-71(39-51(77)78)31-33-73(41-53(81)82)34-32-72(30-28-70)40-52(79)80;/h3-5,10,12-15,18-21,36,47-48,54,74H,2,6-9,11,16-17,22-35,37-41,60H2,1H3,(H,62,76)(H,63,75)(H,64,83)(H,67,84)(H,68,85)(H,77,78)(H,79,80)(H,81,82)(H4,61,65,66,69,86);/q;+3/p-3/t47-,48-,54?;/m1./s1. The third-order valence-corrected chi connectivity index (χ3v) is 14.0. The van der Waals surface area contributed by atoms with Crippen LogP contribution in [-0.4, -0.2) is 240 Å². The van der Waals surface area contributed by atoms with Crippen molar-refractivity contribution in [2.24, 2.45) is 16.5 Å². The van der Waals surface area contributed by atoms with Crippen molar-refractivity contribution in [2.45, 2.75) is 82.8 Å². The Balaban J connectivity index is 0.0000202. The van der Waals surface area contributed by atoms with Gasteiger partial charge in [0.1, 0.15) is 17.5 Å². The van der Waals surface area contributed by atoms with Gasteiger partial charge >= 0.3 is 31.9 Å². The summed E-state index contributed by atoms with van der Waals surface area (Å²) >= 11 is 0. The van der Waals surface area contributed by atoms with Crippen LogP contribution in [0.3, 0.4) is 0 Å². The molecule has 1 heterocycles. The van der Waals surface area contributed by atoms with Crippen molar-refractivity contribution >= 4 is 85.3 Å². The van der Waals surface area contributed by atoms with E-state index in [1.165, 1.54) is 12.1 Å². The largest absolute Gasteiger partial charge is 3.00 e. The Morgan fingerprint density at radius 2 is 1.10 bits per heavy atom. The molecule has 7 amide bonds. The molecule has 478 valence electrons. The number of urea groups is 1. The van der Waals surface area contributed by atoms with Crippen molar-refractivity contribution < 1.29 is 68.3 Å². The molecule has 0 aromatic heterocycles. The number of ether oxygens (including phenoxy) is 1. The SMILES string of the molecule is CCC(=O)NCCNC(=O)/N=C(/N)NCCC[C@@H](NC(=O)C(c1ccccc1)c1cccc(OCCCCNC(=O)[C@H](N)CCCCNC(=O)CN2CCN(CC(=O)[O-])CCN(CC(=O)[O-])CCN(CC(=O)[O-])CC2)c1)C(=O)NCc1ccc(O)cc1.[In+3]. The molecular formula is C59H85InN14O14. The number of aliphatic carboxylic acids is 3. The number of carboxylic acids is 3. The van der Waals surface area contributed by atoms with Gasteiger partial charge in [0, 0.05) is 118 Å². The van der Waals surface area contributed by atoms with E-state index in [1.54, 1.807) is 62.9 Å². The molecule has 3 aromatic rings. The fraction of sp³-hybridized carbons (Fsp3) is 0.525. The molecule has 0 spiro atoms. The number of amides is 7. The van der Waals surface area contributed by atoms with Crippen molar-refractivity contribution in [1.82, 2.24) is 56.8 Å². The number of hydrogen-bond donors (Lipinski definition) is 10. The quantitative estimate of drug-likeness (QED) is 0.0150. The van der Waals surface area contributed by atoms with Crippen molar-refractivity contribution in [3.8, 4) is 11.5 Å². The number of carbonyl (C=O) groups is 9. The Kier molecular flexibility index (Phi) is 35.9. The number of phenols is 1. The van der Waals surface area contributed by atoms with E-state index in [-0.39, 0.29) is 147 Å². The normalized spacial score (nSPS) is 14.8. The zero-order valence-corrected chi connectivity index (χ0v) is 53.3. The summed E-state index contributed by atoms with van der Waals surface area (Å²) in [6, 6.07) is 20.0. The molecule has 88 heavy (non-hydrogen) atoms. The number of benzene rings is 3. The van der Waals surface area contributed by atoms with Gasteiger partial charge in [-0.2, -0.15) is 4.99 Å². The molecule has 12 N–H and O–H groups in total. The summed E-state index contributed by atoms with van der Waals surface area (Å²) in [7, 11) is 0. The Bertz CT molecular complexity index is 2660. The van der Waals surface area contributed by atoms with Crippen molar-refractivity contribution in [3.05, 3.63) is 95.6 Å². The minimum atomic E-state index is -1.32. The summed E-state index contributed by atoms with van der Waals surface area (Å²) in [6.07, 6.45) is 3.39. The topological polar surface area (TPSA) is 414 Å². The average molecular weight is 1330 g/mol. The minimum Gasteiger partial charge on any atom is -0.549 e. The molecule has 1 unspecified atom stereocenters. The van der Waals surface area contributed by atoms with Crippen LogP contribution in [0.5, 0.6) is 11.5 Å². The number of unbranched alkanes of at least 4 members (excludes halogenated alkanes) is 2. The van der Waals surface area contributed by atoms with Crippen LogP contribution in [0.4, 0.5) is 4.79 Å². The van der Waals surface area contributed by atoms with E-state index in [1.807, 2.05) is 30.3 Å². The van der Waals surface area contributed by atoms with Gasteiger partial charge in [0.2, 0.25) is 29.5 Å². The van der Waals surface area contributed by atoms with E-state index in [0.29, 0.717) is 81.5 Å². The number of phenolic OH excluding ortho intramolecular Hbond substituents is 1. The number of aromatic hydroxyl groups is 1. The van der Waals surface area contributed by atoms with E-state index < -0.39 is 73.4 Å². The Morgan fingerprint density at radius 3 is 1.69 bits per heavy atom. The van der Waals surface area contributed by atoms with Gasteiger partial charge in [-0.1, -0.05) is 61.5 Å². The second kappa shape index (κ2) is 42.3. The predicted molar refractivity (Wildman–Crippen MR) is 321 cm³/mol. The van der Waals surface area contributed by atoms with E-state index in [4.69, 9.17) is 16.2 Å². The maximum absolute atomic E-state index is 14.5. The summed E-state index contributed by atoms with van der Waals surface area (Å²) in [4.78, 5) is 122. The van der Waals surface area contributed by atoms with Crippen LogP contribution in [0, 0.1) is 0 Å². The fourth-order valence-corrected chi connectivity index (χ4v) is 9.21. The Labute approximate surface area is 532 Å². The van der Waals surface area contributed by atoms with Crippen LogP contribution >= 0.6 is 0 Å². The van der Waals surface area contributed by atoms with Gasteiger partial charge < -0.3 is 88.2 Å². The maximum atomic E-state index is 14.5. The van der Waals surface area contributed by atoms with Crippen LogP contribution in [0.15, 0.2) is 83.9 Å². The number of guanidine groups is 1. The second-order valence-corrected chi connectivity index (χ2v) is 20.9. The van der Waals surface area contributed by atoms with Crippen molar-refractivity contribution in [1.29, 1.82) is 0 Å². The number of rotatable bonds is 35. The van der Waals surface area contributed by atoms with Crippen LogP contribution in [-0.2, 0) is 44.9 Å². The zero-order valence-electron chi connectivity index (χ0n) is 50.1. The van der Waals surface area contributed by atoms with Gasteiger partial charge in [-0.05, 0) is 85.9 Å². The molecule has 3 aromatic carbocycles. The molecule has 3 atom stereocenters. The first-order valence-corrected chi connectivity index (χ1v) is 29.3. The molecule has 29 heteroatoms.